The maximum Gasteiger partial charge on any atom is 0.0300 e. The van der Waals surface area contributed by atoms with E-state index in [1.807, 2.05) is 18.5 Å². The monoisotopic (exact) mass is 205 g/mol. The fraction of sp³-hybridized carbons (Fsp3) is 0.583. The van der Waals surface area contributed by atoms with Crippen molar-refractivity contribution in [2.75, 3.05) is 19.6 Å². The first-order valence-corrected chi connectivity index (χ1v) is 5.78. The highest BCUT2D eigenvalue weighted by Crippen LogP contribution is 2.02. The average Bonchev–Trinajstić information content (AvgIpc) is 2.32. The van der Waals surface area contributed by atoms with Crippen LogP contribution in [0.2, 0.25) is 0 Å². The molecule has 0 unspecified atom stereocenters. The molecule has 1 fully saturated rings. The lowest BCUT2D eigenvalue weighted by molar-refractivity contribution is 0.389. The summed E-state index contributed by atoms with van der Waals surface area (Å²) in [6, 6.07) is 4.85. The number of hydrogen-bond donors (Lipinski definition) is 2. The molecular weight excluding hydrogens is 186 g/mol. The predicted octanol–water partition coefficient (Wildman–Crippen LogP) is 0.966. The van der Waals surface area contributed by atoms with Crippen molar-refractivity contribution in [1.29, 1.82) is 0 Å². The van der Waals surface area contributed by atoms with Gasteiger partial charge >= 0.3 is 0 Å². The predicted molar refractivity (Wildman–Crippen MR) is 61.8 cm³/mol. The second-order valence-corrected chi connectivity index (χ2v) is 4.09. The van der Waals surface area contributed by atoms with Crippen molar-refractivity contribution in [2.24, 2.45) is 0 Å². The van der Waals surface area contributed by atoms with Crippen molar-refractivity contribution < 1.29 is 0 Å². The van der Waals surface area contributed by atoms with Crippen LogP contribution in [0.3, 0.4) is 0 Å². The molecule has 3 nitrogen and oxygen atoms in total. The zero-order chi connectivity index (χ0) is 10.3. The largest absolute Gasteiger partial charge is 0.317 e. The number of rotatable bonds is 4. The summed E-state index contributed by atoms with van der Waals surface area (Å²) in [5, 5.41) is 6.98. The number of pyridine rings is 1. The Labute approximate surface area is 91.3 Å². The number of aromatic nitrogens is 1. The maximum atomic E-state index is 4.11. The molecule has 1 aromatic rings. The average molecular weight is 205 g/mol. The number of nitrogens with zero attached hydrogens (tertiary/aromatic N) is 1. The first-order valence-electron chi connectivity index (χ1n) is 5.78. The first-order chi connectivity index (χ1) is 7.45. The van der Waals surface area contributed by atoms with Gasteiger partial charge in [0.05, 0.1) is 0 Å². The van der Waals surface area contributed by atoms with E-state index in [2.05, 4.69) is 21.7 Å². The molecule has 0 spiro atoms. The Morgan fingerprint density at radius 1 is 1.40 bits per heavy atom. The second-order valence-electron chi connectivity index (χ2n) is 4.09. The molecule has 1 aromatic heterocycles. The van der Waals surface area contributed by atoms with Crippen molar-refractivity contribution >= 4 is 0 Å². The summed E-state index contributed by atoms with van der Waals surface area (Å²) in [7, 11) is 0. The van der Waals surface area contributed by atoms with Crippen LogP contribution in [0.1, 0.15) is 18.4 Å². The molecule has 0 aromatic carbocycles. The van der Waals surface area contributed by atoms with E-state index in [0.29, 0.717) is 6.04 Å². The molecule has 82 valence electrons. The molecule has 0 radical (unpaired) electrons. The summed E-state index contributed by atoms with van der Waals surface area (Å²) in [5.74, 6) is 0. The third-order valence-electron chi connectivity index (χ3n) is 2.91. The van der Waals surface area contributed by atoms with Crippen LogP contribution in [-0.2, 0) is 6.42 Å². The highest BCUT2D eigenvalue weighted by atomic mass is 15.0. The van der Waals surface area contributed by atoms with E-state index in [1.165, 1.54) is 18.4 Å². The van der Waals surface area contributed by atoms with Gasteiger partial charge in [0.2, 0.25) is 0 Å². The van der Waals surface area contributed by atoms with Gasteiger partial charge in [-0.2, -0.15) is 0 Å². The van der Waals surface area contributed by atoms with Crippen LogP contribution in [0.25, 0.3) is 0 Å². The van der Waals surface area contributed by atoms with E-state index in [1.54, 1.807) is 0 Å². The molecule has 1 aliphatic rings. The van der Waals surface area contributed by atoms with Gasteiger partial charge in [-0.1, -0.05) is 6.07 Å². The van der Waals surface area contributed by atoms with Crippen molar-refractivity contribution in [2.45, 2.75) is 25.3 Å². The zero-order valence-corrected chi connectivity index (χ0v) is 9.08. The Morgan fingerprint density at radius 2 is 2.27 bits per heavy atom. The van der Waals surface area contributed by atoms with Gasteiger partial charge in [-0.3, -0.25) is 4.98 Å². The molecule has 0 bridgehead atoms. The summed E-state index contributed by atoms with van der Waals surface area (Å²) in [5.41, 5.74) is 1.32. The maximum absolute atomic E-state index is 4.11. The van der Waals surface area contributed by atoms with Gasteiger partial charge in [0.25, 0.3) is 0 Å². The minimum absolute atomic E-state index is 0.711. The summed E-state index contributed by atoms with van der Waals surface area (Å²) < 4.78 is 0. The first kappa shape index (κ1) is 10.6. The summed E-state index contributed by atoms with van der Waals surface area (Å²) in [6.07, 6.45) is 7.37. The van der Waals surface area contributed by atoms with Gasteiger partial charge in [-0.25, -0.2) is 0 Å². The molecular formula is C12H19N3. The molecule has 2 heterocycles. The fourth-order valence-corrected chi connectivity index (χ4v) is 1.99. The second kappa shape index (κ2) is 5.83. The summed E-state index contributed by atoms with van der Waals surface area (Å²) >= 11 is 0. The Kier molecular flexibility index (Phi) is 4.11. The van der Waals surface area contributed by atoms with E-state index >= 15 is 0 Å². The molecule has 0 saturated carbocycles. The van der Waals surface area contributed by atoms with Crippen LogP contribution in [0.5, 0.6) is 0 Å². The standard InChI is InChI=1S/C12H19N3/c1-2-11(10-14-6-1)3-9-15-12-4-7-13-8-5-12/h1-2,6,10,12-13,15H,3-5,7-9H2. The summed E-state index contributed by atoms with van der Waals surface area (Å²) in [6.45, 7) is 3.38. The van der Waals surface area contributed by atoms with Crippen LogP contribution < -0.4 is 10.6 Å². The normalized spacial score (nSPS) is 17.9. The third kappa shape index (κ3) is 3.61. The smallest absolute Gasteiger partial charge is 0.0300 e. The van der Waals surface area contributed by atoms with Gasteiger partial charge < -0.3 is 10.6 Å². The van der Waals surface area contributed by atoms with Gasteiger partial charge in [-0.05, 0) is 50.5 Å². The number of piperidine rings is 1. The van der Waals surface area contributed by atoms with Crippen LogP contribution in [0.4, 0.5) is 0 Å². The van der Waals surface area contributed by atoms with Gasteiger partial charge in [0, 0.05) is 18.4 Å². The minimum Gasteiger partial charge on any atom is -0.317 e. The summed E-state index contributed by atoms with van der Waals surface area (Å²) in [4.78, 5) is 4.11. The highest BCUT2D eigenvalue weighted by Gasteiger charge is 2.11. The van der Waals surface area contributed by atoms with E-state index in [-0.39, 0.29) is 0 Å². The fourth-order valence-electron chi connectivity index (χ4n) is 1.99. The Bertz CT molecular complexity index is 267. The Hall–Kier alpha value is -0.930. The topological polar surface area (TPSA) is 37.0 Å². The quantitative estimate of drug-likeness (QED) is 0.769. The lowest BCUT2D eigenvalue weighted by atomic mass is 10.1. The zero-order valence-electron chi connectivity index (χ0n) is 9.08. The number of hydrogen-bond acceptors (Lipinski definition) is 3. The Morgan fingerprint density at radius 3 is 3.00 bits per heavy atom. The molecule has 2 N–H and O–H groups in total. The van der Waals surface area contributed by atoms with Crippen molar-refractivity contribution in [3.8, 4) is 0 Å². The van der Waals surface area contributed by atoms with Crippen LogP contribution in [-0.4, -0.2) is 30.7 Å². The van der Waals surface area contributed by atoms with Crippen LogP contribution in [0.15, 0.2) is 24.5 Å². The van der Waals surface area contributed by atoms with E-state index < -0.39 is 0 Å². The molecule has 0 aliphatic carbocycles. The molecule has 2 rings (SSSR count). The Balaban J connectivity index is 1.66. The van der Waals surface area contributed by atoms with Crippen LogP contribution >= 0.6 is 0 Å². The van der Waals surface area contributed by atoms with Gasteiger partial charge in [0.1, 0.15) is 0 Å². The van der Waals surface area contributed by atoms with Crippen molar-refractivity contribution in [3.63, 3.8) is 0 Å². The molecule has 0 amide bonds. The lowest BCUT2D eigenvalue weighted by Crippen LogP contribution is -2.40. The minimum atomic E-state index is 0.711. The highest BCUT2D eigenvalue weighted by molar-refractivity contribution is 5.08. The number of nitrogens with one attached hydrogen (secondary N) is 2. The van der Waals surface area contributed by atoms with E-state index in [0.717, 1.165) is 26.1 Å². The third-order valence-corrected chi connectivity index (χ3v) is 2.91. The van der Waals surface area contributed by atoms with Crippen molar-refractivity contribution in [1.82, 2.24) is 15.6 Å². The molecule has 0 atom stereocenters. The SMILES string of the molecule is c1cncc(CCNC2CCNCC2)c1. The van der Waals surface area contributed by atoms with Gasteiger partial charge in [0.15, 0.2) is 0 Å². The molecule has 1 saturated heterocycles. The molecule has 3 heteroatoms. The van der Waals surface area contributed by atoms with E-state index in [4.69, 9.17) is 0 Å². The van der Waals surface area contributed by atoms with E-state index in [9.17, 15) is 0 Å². The van der Waals surface area contributed by atoms with Crippen LogP contribution in [0, 0.1) is 0 Å². The molecule has 15 heavy (non-hydrogen) atoms. The molecule has 1 aliphatic heterocycles. The lowest BCUT2D eigenvalue weighted by Gasteiger charge is -2.23. The van der Waals surface area contributed by atoms with Crippen molar-refractivity contribution in [3.05, 3.63) is 30.1 Å². The van der Waals surface area contributed by atoms with Gasteiger partial charge in [-0.15, -0.1) is 0 Å².